The number of phenolic OH excluding ortho intramolecular Hbond substituents is 1. The van der Waals surface area contributed by atoms with Crippen molar-refractivity contribution in [3.63, 3.8) is 0 Å². The number of methoxy groups -OCH3 is 2. The lowest BCUT2D eigenvalue weighted by molar-refractivity contribution is 0.355. The van der Waals surface area contributed by atoms with Crippen molar-refractivity contribution in [1.29, 1.82) is 0 Å². The third-order valence-corrected chi connectivity index (χ3v) is 2.62. The van der Waals surface area contributed by atoms with Gasteiger partial charge in [0.2, 0.25) is 0 Å². The highest BCUT2D eigenvalue weighted by molar-refractivity contribution is 6.31. The molecular weight excluding hydrogens is 228 g/mol. The van der Waals surface area contributed by atoms with Gasteiger partial charge in [-0.05, 0) is 29.7 Å². The van der Waals surface area contributed by atoms with E-state index in [1.807, 2.05) is 0 Å². The standard InChI is InChI=1S/C12H11ClO3/c1-15-11-4-7-3-8(13)5-10(14)9(7)6-12(11)16-2/h3-6,14H,1-2H3. The first kappa shape index (κ1) is 10.9. The fraction of sp³-hybridized carbons (Fsp3) is 0.167. The lowest BCUT2D eigenvalue weighted by atomic mass is 10.1. The van der Waals surface area contributed by atoms with Gasteiger partial charge in [0.25, 0.3) is 0 Å². The summed E-state index contributed by atoms with van der Waals surface area (Å²) >= 11 is 5.86. The molecule has 0 unspecified atom stereocenters. The lowest BCUT2D eigenvalue weighted by Crippen LogP contribution is -1.90. The van der Waals surface area contributed by atoms with Crippen LogP contribution in [0.4, 0.5) is 0 Å². The smallest absolute Gasteiger partial charge is 0.161 e. The van der Waals surface area contributed by atoms with Gasteiger partial charge < -0.3 is 14.6 Å². The highest BCUT2D eigenvalue weighted by Gasteiger charge is 2.09. The molecule has 0 saturated heterocycles. The normalized spacial score (nSPS) is 10.4. The van der Waals surface area contributed by atoms with Crippen molar-refractivity contribution in [3.05, 3.63) is 29.3 Å². The minimum atomic E-state index is 0.128. The van der Waals surface area contributed by atoms with Crippen LogP contribution in [-0.4, -0.2) is 19.3 Å². The van der Waals surface area contributed by atoms with Gasteiger partial charge >= 0.3 is 0 Å². The van der Waals surface area contributed by atoms with Gasteiger partial charge in [-0.2, -0.15) is 0 Å². The Morgan fingerprint density at radius 3 is 2.25 bits per heavy atom. The molecule has 0 amide bonds. The van der Waals surface area contributed by atoms with E-state index >= 15 is 0 Å². The van der Waals surface area contributed by atoms with E-state index in [1.54, 1.807) is 32.4 Å². The van der Waals surface area contributed by atoms with E-state index in [2.05, 4.69) is 0 Å². The maximum Gasteiger partial charge on any atom is 0.161 e. The molecule has 1 N–H and O–H groups in total. The Kier molecular flexibility index (Phi) is 2.79. The van der Waals surface area contributed by atoms with E-state index in [9.17, 15) is 5.11 Å². The van der Waals surface area contributed by atoms with Crippen molar-refractivity contribution in [2.75, 3.05) is 14.2 Å². The molecule has 2 aromatic rings. The second-order valence-corrected chi connectivity index (χ2v) is 3.79. The first-order valence-electron chi connectivity index (χ1n) is 4.70. The Morgan fingerprint density at radius 1 is 1.00 bits per heavy atom. The molecule has 0 radical (unpaired) electrons. The third-order valence-electron chi connectivity index (χ3n) is 2.40. The molecule has 0 atom stereocenters. The molecule has 0 aliphatic carbocycles. The summed E-state index contributed by atoms with van der Waals surface area (Å²) in [4.78, 5) is 0. The SMILES string of the molecule is COc1cc2cc(Cl)cc(O)c2cc1OC. The number of benzene rings is 2. The summed E-state index contributed by atoms with van der Waals surface area (Å²) in [7, 11) is 3.12. The van der Waals surface area contributed by atoms with Crippen molar-refractivity contribution >= 4 is 22.4 Å². The first-order valence-corrected chi connectivity index (χ1v) is 5.07. The topological polar surface area (TPSA) is 38.7 Å². The molecule has 2 rings (SSSR count). The average molecular weight is 239 g/mol. The number of halogens is 1. The minimum absolute atomic E-state index is 0.128. The Hall–Kier alpha value is -1.61. The van der Waals surface area contributed by atoms with Crippen molar-refractivity contribution in [2.24, 2.45) is 0 Å². The zero-order valence-electron chi connectivity index (χ0n) is 8.95. The zero-order valence-corrected chi connectivity index (χ0v) is 9.71. The van der Waals surface area contributed by atoms with E-state index in [-0.39, 0.29) is 5.75 Å². The van der Waals surface area contributed by atoms with Crippen molar-refractivity contribution in [3.8, 4) is 17.2 Å². The van der Waals surface area contributed by atoms with Crippen LogP contribution in [0.2, 0.25) is 5.02 Å². The predicted octanol–water partition coefficient (Wildman–Crippen LogP) is 3.22. The number of ether oxygens (including phenoxy) is 2. The minimum Gasteiger partial charge on any atom is -0.507 e. The highest BCUT2D eigenvalue weighted by atomic mass is 35.5. The predicted molar refractivity (Wildman–Crippen MR) is 63.7 cm³/mol. The molecular formula is C12H11ClO3. The Bertz CT molecular complexity index is 537. The second-order valence-electron chi connectivity index (χ2n) is 3.35. The highest BCUT2D eigenvalue weighted by Crippen LogP contribution is 2.37. The van der Waals surface area contributed by atoms with Gasteiger partial charge in [-0.25, -0.2) is 0 Å². The third kappa shape index (κ3) is 1.74. The maximum absolute atomic E-state index is 9.75. The summed E-state index contributed by atoms with van der Waals surface area (Å²) in [6.07, 6.45) is 0. The van der Waals surface area contributed by atoms with Crippen LogP contribution in [0, 0.1) is 0 Å². The van der Waals surface area contributed by atoms with Crippen LogP contribution < -0.4 is 9.47 Å². The van der Waals surface area contributed by atoms with Crippen molar-refractivity contribution < 1.29 is 14.6 Å². The Labute approximate surface area is 98.2 Å². The zero-order chi connectivity index (χ0) is 11.7. The Balaban J connectivity index is 2.78. The quantitative estimate of drug-likeness (QED) is 0.873. The summed E-state index contributed by atoms with van der Waals surface area (Å²) in [5.41, 5.74) is 0. The lowest BCUT2D eigenvalue weighted by Gasteiger charge is -2.10. The van der Waals surface area contributed by atoms with Crippen molar-refractivity contribution in [2.45, 2.75) is 0 Å². The van der Waals surface area contributed by atoms with Crippen LogP contribution in [0.1, 0.15) is 0 Å². The fourth-order valence-corrected chi connectivity index (χ4v) is 1.86. The van der Waals surface area contributed by atoms with E-state index in [1.165, 1.54) is 6.07 Å². The molecule has 0 aromatic heterocycles. The average Bonchev–Trinajstić information content (AvgIpc) is 2.27. The summed E-state index contributed by atoms with van der Waals surface area (Å²) in [6.45, 7) is 0. The second kappa shape index (κ2) is 4.10. The molecule has 4 heteroatoms. The molecule has 2 aromatic carbocycles. The maximum atomic E-state index is 9.75. The molecule has 0 heterocycles. The molecule has 3 nitrogen and oxygen atoms in total. The number of hydrogen-bond donors (Lipinski definition) is 1. The number of phenols is 1. The summed E-state index contributed by atoms with van der Waals surface area (Å²) in [5.74, 6) is 1.31. The number of aromatic hydroxyl groups is 1. The van der Waals surface area contributed by atoms with Gasteiger partial charge in [0.05, 0.1) is 14.2 Å². The largest absolute Gasteiger partial charge is 0.507 e. The molecule has 0 bridgehead atoms. The van der Waals surface area contributed by atoms with Gasteiger partial charge in [-0.3, -0.25) is 0 Å². The molecule has 0 aliphatic rings. The monoisotopic (exact) mass is 238 g/mol. The van der Waals surface area contributed by atoms with Crippen LogP contribution in [0.5, 0.6) is 17.2 Å². The van der Waals surface area contributed by atoms with Crippen LogP contribution in [0.25, 0.3) is 10.8 Å². The van der Waals surface area contributed by atoms with Gasteiger partial charge in [0.1, 0.15) is 5.75 Å². The number of hydrogen-bond acceptors (Lipinski definition) is 3. The van der Waals surface area contributed by atoms with E-state index in [4.69, 9.17) is 21.1 Å². The summed E-state index contributed by atoms with van der Waals surface area (Å²) in [5, 5.41) is 11.7. The van der Waals surface area contributed by atoms with Crippen LogP contribution in [-0.2, 0) is 0 Å². The van der Waals surface area contributed by atoms with Gasteiger partial charge in [-0.15, -0.1) is 0 Å². The number of rotatable bonds is 2. The molecule has 0 spiro atoms. The van der Waals surface area contributed by atoms with Gasteiger partial charge in [0, 0.05) is 10.4 Å². The molecule has 0 saturated carbocycles. The summed E-state index contributed by atoms with van der Waals surface area (Å²) in [6, 6.07) is 6.76. The molecule has 0 aliphatic heterocycles. The van der Waals surface area contributed by atoms with E-state index in [0.717, 1.165) is 5.39 Å². The van der Waals surface area contributed by atoms with E-state index in [0.29, 0.717) is 21.9 Å². The molecule has 16 heavy (non-hydrogen) atoms. The van der Waals surface area contributed by atoms with Crippen LogP contribution >= 0.6 is 11.6 Å². The molecule has 0 fully saturated rings. The van der Waals surface area contributed by atoms with Gasteiger partial charge in [0.15, 0.2) is 11.5 Å². The van der Waals surface area contributed by atoms with Crippen molar-refractivity contribution in [1.82, 2.24) is 0 Å². The first-order chi connectivity index (χ1) is 7.65. The van der Waals surface area contributed by atoms with Crippen LogP contribution in [0.3, 0.4) is 0 Å². The molecule has 84 valence electrons. The Morgan fingerprint density at radius 2 is 1.62 bits per heavy atom. The summed E-state index contributed by atoms with van der Waals surface area (Å²) < 4.78 is 10.3. The number of fused-ring (bicyclic) bond motifs is 1. The fourth-order valence-electron chi connectivity index (χ4n) is 1.63. The van der Waals surface area contributed by atoms with Crippen LogP contribution in [0.15, 0.2) is 24.3 Å². The van der Waals surface area contributed by atoms with Gasteiger partial charge in [-0.1, -0.05) is 11.6 Å². The van der Waals surface area contributed by atoms with E-state index < -0.39 is 0 Å².